The Kier molecular flexibility index (Phi) is 10.2. The second kappa shape index (κ2) is 14.1. The van der Waals surface area contributed by atoms with Crippen molar-refractivity contribution in [1.29, 1.82) is 0 Å². The third kappa shape index (κ3) is 7.66. The normalized spacial score (nSPS) is 16.8. The zero-order chi connectivity index (χ0) is 30.4. The van der Waals surface area contributed by atoms with E-state index in [1.807, 2.05) is 39.0 Å². The number of nitrogens with one attached hydrogen (secondary N) is 1. The summed E-state index contributed by atoms with van der Waals surface area (Å²) in [5, 5.41) is 4.76. The number of aromatic nitrogens is 1. The van der Waals surface area contributed by atoms with Gasteiger partial charge in [-0.05, 0) is 62.8 Å². The van der Waals surface area contributed by atoms with Gasteiger partial charge in [0.05, 0.1) is 37.1 Å². The van der Waals surface area contributed by atoms with Crippen molar-refractivity contribution in [3.8, 4) is 11.3 Å². The summed E-state index contributed by atoms with van der Waals surface area (Å²) in [5.74, 6) is -0.319. The van der Waals surface area contributed by atoms with Crippen molar-refractivity contribution in [3.05, 3.63) is 59.2 Å². The Hall–Kier alpha value is -3.20. The van der Waals surface area contributed by atoms with Gasteiger partial charge in [-0.15, -0.1) is 0 Å². The van der Waals surface area contributed by atoms with Crippen LogP contribution < -0.4 is 5.32 Å². The number of methoxy groups -OCH3 is 1. The van der Waals surface area contributed by atoms with Crippen LogP contribution in [0.25, 0.3) is 22.2 Å². The van der Waals surface area contributed by atoms with Crippen molar-refractivity contribution < 1.29 is 23.8 Å². The second-order valence-electron chi connectivity index (χ2n) is 12.8. The van der Waals surface area contributed by atoms with E-state index in [9.17, 15) is 9.59 Å². The van der Waals surface area contributed by atoms with E-state index in [0.717, 1.165) is 74.4 Å². The number of nitrogens with zero attached hydrogens (tertiary/aromatic N) is 2. The monoisotopic (exact) mass is 589 g/mol. The quantitative estimate of drug-likeness (QED) is 0.233. The molecule has 1 saturated heterocycles. The van der Waals surface area contributed by atoms with Crippen LogP contribution in [0.2, 0.25) is 0 Å². The van der Waals surface area contributed by atoms with Crippen molar-refractivity contribution in [1.82, 2.24) is 14.8 Å². The Labute approximate surface area is 255 Å². The van der Waals surface area contributed by atoms with Crippen LogP contribution >= 0.6 is 0 Å². The molecule has 0 radical (unpaired) electrons. The lowest BCUT2D eigenvalue weighted by molar-refractivity contribution is -0.155. The van der Waals surface area contributed by atoms with Crippen molar-refractivity contribution in [3.63, 3.8) is 0 Å². The molecule has 2 aliphatic rings. The van der Waals surface area contributed by atoms with E-state index in [2.05, 4.69) is 39.0 Å². The predicted octanol–water partition coefficient (Wildman–Crippen LogP) is 5.91. The number of rotatable bonds is 10. The summed E-state index contributed by atoms with van der Waals surface area (Å²) >= 11 is 0. The molecule has 0 unspecified atom stereocenters. The Bertz CT molecular complexity index is 1410. The Morgan fingerprint density at radius 2 is 1.77 bits per heavy atom. The molecule has 0 spiro atoms. The number of carbonyl (C=O) groups excluding carboxylic acids is 2. The van der Waals surface area contributed by atoms with Gasteiger partial charge in [0.25, 0.3) is 0 Å². The average molecular weight is 590 g/mol. The van der Waals surface area contributed by atoms with Crippen LogP contribution in [0.4, 0.5) is 0 Å². The first kappa shape index (κ1) is 31.2. The van der Waals surface area contributed by atoms with Crippen LogP contribution in [0.5, 0.6) is 0 Å². The molecule has 1 aliphatic carbocycles. The fourth-order valence-corrected chi connectivity index (χ4v) is 6.57. The third-order valence-electron chi connectivity index (χ3n) is 8.54. The minimum Gasteiger partial charge on any atom is -0.465 e. The summed E-state index contributed by atoms with van der Waals surface area (Å²) in [4.78, 5) is 28.4. The first-order valence-electron chi connectivity index (χ1n) is 15.8. The SMILES string of the molecule is COC(=O)c1ccc2c(C3CCCCC3)c(-c3ccccc3CNCCN3CCOCC3)n(CC(=O)OC(C)(C)C)c2c1. The Morgan fingerprint density at radius 1 is 1.02 bits per heavy atom. The summed E-state index contributed by atoms with van der Waals surface area (Å²) in [5.41, 5.74) is 5.35. The highest BCUT2D eigenvalue weighted by molar-refractivity contribution is 5.99. The molecule has 1 saturated carbocycles. The molecule has 1 aliphatic heterocycles. The van der Waals surface area contributed by atoms with E-state index in [4.69, 9.17) is 14.2 Å². The van der Waals surface area contributed by atoms with Crippen molar-refractivity contribution in [2.75, 3.05) is 46.5 Å². The van der Waals surface area contributed by atoms with Gasteiger partial charge in [-0.25, -0.2) is 4.79 Å². The van der Waals surface area contributed by atoms with Gasteiger partial charge < -0.3 is 24.1 Å². The molecule has 0 amide bonds. The van der Waals surface area contributed by atoms with Crippen LogP contribution in [0.15, 0.2) is 42.5 Å². The molecule has 2 heterocycles. The molecule has 8 heteroatoms. The maximum absolute atomic E-state index is 13.4. The molecule has 1 N–H and O–H groups in total. The van der Waals surface area contributed by atoms with E-state index in [0.29, 0.717) is 18.0 Å². The Balaban J connectivity index is 1.59. The number of morpholine rings is 1. The number of carbonyl (C=O) groups is 2. The van der Waals surface area contributed by atoms with Gasteiger partial charge in [0, 0.05) is 43.7 Å². The molecule has 5 rings (SSSR count). The topological polar surface area (TPSA) is 82.0 Å². The van der Waals surface area contributed by atoms with Crippen LogP contribution in [0, 0.1) is 0 Å². The lowest BCUT2D eigenvalue weighted by Gasteiger charge is -2.27. The van der Waals surface area contributed by atoms with Gasteiger partial charge in [0.1, 0.15) is 12.1 Å². The van der Waals surface area contributed by atoms with Crippen molar-refractivity contribution >= 4 is 22.8 Å². The van der Waals surface area contributed by atoms with Crippen LogP contribution in [-0.2, 0) is 32.1 Å². The van der Waals surface area contributed by atoms with Gasteiger partial charge in [-0.1, -0.05) is 49.6 Å². The van der Waals surface area contributed by atoms with E-state index < -0.39 is 11.6 Å². The molecular formula is C35H47N3O5. The fraction of sp³-hybridized carbons (Fsp3) is 0.543. The molecule has 3 aromatic rings. The first-order valence-corrected chi connectivity index (χ1v) is 15.8. The first-order chi connectivity index (χ1) is 20.7. The van der Waals surface area contributed by atoms with E-state index in [1.165, 1.54) is 37.5 Å². The Morgan fingerprint density at radius 3 is 2.49 bits per heavy atom. The minimum absolute atomic E-state index is 0.0548. The van der Waals surface area contributed by atoms with Crippen LogP contribution in [0.1, 0.15) is 80.3 Å². The minimum atomic E-state index is -0.605. The molecule has 1 aromatic heterocycles. The fourth-order valence-electron chi connectivity index (χ4n) is 6.57. The molecule has 43 heavy (non-hydrogen) atoms. The zero-order valence-electron chi connectivity index (χ0n) is 26.2. The highest BCUT2D eigenvalue weighted by Gasteiger charge is 2.29. The molecule has 2 fully saturated rings. The van der Waals surface area contributed by atoms with Gasteiger partial charge >= 0.3 is 11.9 Å². The standard InChI is InChI=1S/C35H47N3O5/c1-35(2,3)43-31(39)24-38-30-22-26(34(40)41-4)14-15-29(30)32(25-10-6-5-7-11-25)33(38)28-13-9-8-12-27(28)23-36-16-17-37-18-20-42-21-19-37/h8-9,12-15,22,25,36H,5-7,10-11,16-21,23-24H2,1-4H3. The van der Waals surface area contributed by atoms with Gasteiger partial charge in [0.15, 0.2) is 0 Å². The van der Waals surface area contributed by atoms with E-state index >= 15 is 0 Å². The van der Waals surface area contributed by atoms with Gasteiger partial charge in [-0.3, -0.25) is 9.69 Å². The van der Waals surface area contributed by atoms with E-state index in [1.54, 1.807) is 0 Å². The summed E-state index contributed by atoms with van der Waals surface area (Å²) in [7, 11) is 1.40. The summed E-state index contributed by atoms with van der Waals surface area (Å²) in [6.45, 7) is 11.8. The maximum atomic E-state index is 13.4. The van der Waals surface area contributed by atoms with Crippen molar-refractivity contribution in [2.24, 2.45) is 0 Å². The zero-order valence-corrected chi connectivity index (χ0v) is 26.2. The van der Waals surface area contributed by atoms with Crippen molar-refractivity contribution in [2.45, 2.75) is 77.5 Å². The smallest absolute Gasteiger partial charge is 0.337 e. The van der Waals surface area contributed by atoms with E-state index in [-0.39, 0.29) is 12.5 Å². The summed E-state index contributed by atoms with van der Waals surface area (Å²) < 4.78 is 18.5. The highest BCUT2D eigenvalue weighted by atomic mass is 16.6. The lowest BCUT2D eigenvalue weighted by atomic mass is 9.81. The largest absolute Gasteiger partial charge is 0.465 e. The molecule has 8 nitrogen and oxygen atoms in total. The second-order valence-corrected chi connectivity index (χ2v) is 12.8. The van der Waals surface area contributed by atoms with Gasteiger partial charge in [-0.2, -0.15) is 0 Å². The van der Waals surface area contributed by atoms with Crippen LogP contribution in [0.3, 0.4) is 0 Å². The molecule has 0 atom stereocenters. The summed E-state index contributed by atoms with van der Waals surface area (Å²) in [6, 6.07) is 14.3. The number of fused-ring (bicyclic) bond motifs is 1. The predicted molar refractivity (Wildman–Crippen MR) is 169 cm³/mol. The molecule has 2 aromatic carbocycles. The van der Waals surface area contributed by atoms with Gasteiger partial charge in [0.2, 0.25) is 0 Å². The number of ether oxygens (including phenoxy) is 3. The number of hydrogen-bond donors (Lipinski definition) is 1. The maximum Gasteiger partial charge on any atom is 0.337 e. The third-order valence-corrected chi connectivity index (χ3v) is 8.54. The molecule has 232 valence electrons. The molecule has 0 bridgehead atoms. The van der Waals surface area contributed by atoms with Crippen LogP contribution in [-0.4, -0.2) is 73.5 Å². The average Bonchev–Trinajstić information content (AvgIpc) is 3.32. The molecular weight excluding hydrogens is 542 g/mol. The lowest BCUT2D eigenvalue weighted by Crippen LogP contribution is -2.40. The summed E-state index contributed by atoms with van der Waals surface area (Å²) in [6.07, 6.45) is 5.84. The number of hydrogen-bond acceptors (Lipinski definition) is 7. The highest BCUT2D eigenvalue weighted by Crippen LogP contribution is 2.45. The number of benzene rings is 2. The number of esters is 2.